The van der Waals surface area contributed by atoms with Gasteiger partial charge in [-0.1, -0.05) is 18.5 Å². The summed E-state index contributed by atoms with van der Waals surface area (Å²) in [5.74, 6) is 0.735. The topological polar surface area (TPSA) is 61.4 Å². The summed E-state index contributed by atoms with van der Waals surface area (Å²) in [7, 11) is 0. The second kappa shape index (κ2) is 8.23. The molecule has 0 atom stereocenters. The Bertz CT molecular complexity index is 767. The second-order valence-electron chi connectivity index (χ2n) is 6.64. The summed E-state index contributed by atoms with van der Waals surface area (Å²) in [5, 5.41) is 6.09. The number of nitrogens with one attached hydrogen (secondary N) is 2. The largest absolute Gasteiger partial charge is 0.339 e. The van der Waals surface area contributed by atoms with Crippen molar-refractivity contribution in [1.82, 2.24) is 4.90 Å². The van der Waals surface area contributed by atoms with Crippen LogP contribution in [0.25, 0.3) is 0 Å². The number of halogens is 1. The lowest BCUT2D eigenvalue weighted by Gasteiger charge is -2.30. The number of benzene rings is 2. The minimum Gasteiger partial charge on any atom is -0.339 e. The first-order valence-corrected chi connectivity index (χ1v) is 9.12. The third kappa shape index (κ3) is 4.76. The molecule has 3 rings (SSSR count). The number of urea groups is 1. The van der Waals surface area contributed by atoms with Crippen molar-refractivity contribution >= 4 is 34.9 Å². The number of hydrogen-bond donors (Lipinski definition) is 2. The summed E-state index contributed by atoms with van der Waals surface area (Å²) in [4.78, 5) is 26.5. The quantitative estimate of drug-likeness (QED) is 0.809. The van der Waals surface area contributed by atoms with Gasteiger partial charge in [-0.25, -0.2) is 4.79 Å². The van der Waals surface area contributed by atoms with E-state index in [1.807, 2.05) is 4.90 Å². The van der Waals surface area contributed by atoms with Crippen molar-refractivity contribution in [2.24, 2.45) is 5.92 Å². The van der Waals surface area contributed by atoms with Crippen LogP contribution in [-0.2, 0) is 0 Å². The van der Waals surface area contributed by atoms with Gasteiger partial charge in [0.2, 0.25) is 0 Å². The molecule has 0 aromatic heterocycles. The first-order valence-electron chi connectivity index (χ1n) is 8.74. The van der Waals surface area contributed by atoms with E-state index in [2.05, 4.69) is 17.6 Å². The van der Waals surface area contributed by atoms with Gasteiger partial charge in [0.1, 0.15) is 0 Å². The number of carbonyl (C=O) groups excluding carboxylic acids is 2. The standard InChI is InChI=1S/C20H22ClN3O2/c1-14-10-12-24(13-11-14)19(25)15-2-6-17(7-3-15)22-20(26)23-18-8-4-16(21)5-9-18/h2-9,14H,10-13H2,1H3,(H2,22,23,26). The first-order chi connectivity index (χ1) is 12.5. The molecule has 0 saturated carbocycles. The molecule has 26 heavy (non-hydrogen) atoms. The molecule has 5 nitrogen and oxygen atoms in total. The molecule has 2 aromatic carbocycles. The van der Waals surface area contributed by atoms with Crippen molar-refractivity contribution in [3.05, 3.63) is 59.1 Å². The van der Waals surface area contributed by atoms with E-state index in [1.54, 1.807) is 48.5 Å². The van der Waals surface area contributed by atoms with Crippen LogP contribution in [0.1, 0.15) is 30.1 Å². The zero-order valence-electron chi connectivity index (χ0n) is 14.7. The van der Waals surface area contributed by atoms with Crippen molar-refractivity contribution in [3.8, 4) is 0 Å². The number of anilines is 2. The zero-order chi connectivity index (χ0) is 18.5. The monoisotopic (exact) mass is 371 g/mol. The second-order valence-corrected chi connectivity index (χ2v) is 7.07. The van der Waals surface area contributed by atoms with Crippen LogP contribution in [0.15, 0.2) is 48.5 Å². The summed E-state index contributed by atoms with van der Waals surface area (Å²) in [6.07, 6.45) is 2.10. The van der Waals surface area contributed by atoms with Crippen LogP contribution < -0.4 is 10.6 Å². The van der Waals surface area contributed by atoms with Crippen LogP contribution in [0.3, 0.4) is 0 Å². The first kappa shape index (κ1) is 18.3. The van der Waals surface area contributed by atoms with Gasteiger partial charge in [0, 0.05) is 35.1 Å². The van der Waals surface area contributed by atoms with Crippen LogP contribution >= 0.6 is 11.6 Å². The number of piperidine rings is 1. The molecule has 1 saturated heterocycles. The van der Waals surface area contributed by atoms with Gasteiger partial charge in [-0.2, -0.15) is 0 Å². The normalized spacial score (nSPS) is 14.8. The molecular weight excluding hydrogens is 350 g/mol. The van der Waals surface area contributed by atoms with Gasteiger partial charge >= 0.3 is 6.03 Å². The van der Waals surface area contributed by atoms with Gasteiger partial charge in [-0.05, 0) is 67.3 Å². The fourth-order valence-electron chi connectivity index (χ4n) is 2.92. The van der Waals surface area contributed by atoms with Crippen molar-refractivity contribution in [3.63, 3.8) is 0 Å². The molecule has 0 radical (unpaired) electrons. The molecule has 1 aliphatic heterocycles. The van der Waals surface area contributed by atoms with E-state index in [0.717, 1.165) is 25.9 Å². The summed E-state index contributed by atoms with van der Waals surface area (Å²) < 4.78 is 0. The Kier molecular flexibility index (Phi) is 5.78. The highest BCUT2D eigenvalue weighted by molar-refractivity contribution is 6.30. The van der Waals surface area contributed by atoms with Crippen molar-refractivity contribution in [2.45, 2.75) is 19.8 Å². The van der Waals surface area contributed by atoms with Crippen molar-refractivity contribution in [2.75, 3.05) is 23.7 Å². The molecular formula is C20H22ClN3O2. The molecule has 0 aliphatic carbocycles. The minimum absolute atomic E-state index is 0.0501. The Labute approximate surface area is 158 Å². The fraction of sp³-hybridized carbons (Fsp3) is 0.300. The fourth-order valence-corrected chi connectivity index (χ4v) is 3.04. The number of hydrogen-bond acceptors (Lipinski definition) is 2. The highest BCUT2D eigenvalue weighted by Gasteiger charge is 2.21. The maximum Gasteiger partial charge on any atom is 0.323 e. The van der Waals surface area contributed by atoms with Crippen LogP contribution in [0.5, 0.6) is 0 Å². The minimum atomic E-state index is -0.351. The van der Waals surface area contributed by atoms with Crippen LogP contribution in [0.4, 0.5) is 16.2 Å². The van der Waals surface area contributed by atoms with Gasteiger partial charge in [0.05, 0.1) is 0 Å². The molecule has 0 unspecified atom stereocenters. The Morgan fingerprint density at radius 1 is 0.923 bits per heavy atom. The molecule has 0 spiro atoms. The number of likely N-dealkylation sites (tertiary alicyclic amines) is 1. The Morgan fingerprint density at radius 2 is 1.42 bits per heavy atom. The van der Waals surface area contributed by atoms with E-state index in [0.29, 0.717) is 27.9 Å². The maximum absolute atomic E-state index is 12.5. The molecule has 136 valence electrons. The van der Waals surface area contributed by atoms with Crippen LogP contribution in [0.2, 0.25) is 5.02 Å². The molecule has 0 bridgehead atoms. The predicted octanol–water partition coefficient (Wildman–Crippen LogP) is 4.86. The SMILES string of the molecule is CC1CCN(C(=O)c2ccc(NC(=O)Nc3ccc(Cl)cc3)cc2)CC1. The van der Waals surface area contributed by atoms with Crippen molar-refractivity contribution < 1.29 is 9.59 Å². The van der Waals surface area contributed by atoms with Gasteiger partial charge in [-0.15, -0.1) is 0 Å². The third-order valence-electron chi connectivity index (χ3n) is 4.56. The van der Waals surface area contributed by atoms with Crippen molar-refractivity contribution in [1.29, 1.82) is 0 Å². The zero-order valence-corrected chi connectivity index (χ0v) is 15.4. The number of nitrogens with zero attached hydrogens (tertiary/aromatic N) is 1. The molecule has 2 N–H and O–H groups in total. The summed E-state index contributed by atoms with van der Waals surface area (Å²) in [5.41, 5.74) is 1.92. The third-order valence-corrected chi connectivity index (χ3v) is 4.81. The molecule has 6 heteroatoms. The Hall–Kier alpha value is -2.53. The highest BCUT2D eigenvalue weighted by Crippen LogP contribution is 2.19. The highest BCUT2D eigenvalue weighted by atomic mass is 35.5. The smallest absolute Gasteiger partial charge is 0.323 e. The molecule has 2 aromatic rings. The lowest BCUT2D eigenvalue weighted by molar-refractivity contribution is 0.0697. The number of amides is 3. The summed E-state index contributed by atoms with van der Waals surface area (Å²) in [6, 6.07) is 13.5. The van der Waals surface area contributed by atoms with E-state index in [-0.39, 0.29) is 11.9 Å². The van der Waals surface area contributed by atoms with Gasteiger partial charge in [0.15, 0.2) is 0 Å². The van der Waals surface area contributed by atoms with Gasteiger partial charge in [0.25, 0.3) is 5.91 Å². The maximum atomic E-state index is 12.5. The summed E-state index contributed by atoms with van der Waals surface area (Å²) >= 11 is 5.82. The Balaban J connectivity index is 1.56. The predicted molar refractivity (Wildman–Crippen MR) is 105 cm³/mol. The number of carbonyl (C=O) groups is 2. The van der Waals surface area contributed by atoms with E-state index in [1.165, 1.54) is 0 Å². The van der Waals surface area contributed by atoms with E-state index < -0.39 is 0 Å². The lowest BCUT2D eigenvalue weighted by atomic mass is 9.98. The van der Waals surface area contributed by atoms with Gasteiger partial charge in [-0.3, -0.25) is 4.79 Å². The molecule has 1 aliphatic rings. The molecule has 1 heterocycles. The van der Waals surface area contributed by atoms with Gasteiger partial charge < -0.3 is 15.5 Å². The Morgan fingerprint density at radius 3 is 1.96 bits per heavy atom. The van der Waals surface area contributed by atoms with E-state index >= 15 is 0 Å². The molecule has 3 amide bonds. The number of rotatable bonds is 3. The lowest BCUT2D eigenvalue weighted by Crippen LogP contribution is -2.37. The molecule has 1 fully saturated rings. The van der Waals surface area contributed by atoms with E-state index in [9.17, 15) is 9.59 Å². The average Bonchev–Trinajstić information content (AvgIpc) is 2.64. The van der Waals surface area contributed by atoms with E-state index in [4.69, 9.17) is 11.6 Å². The van der Waals surface area contributed by atoms with Crippen LogP contribution in [-0.4, -0.2) is 29.9 Å². The summed E-state index contributed by atoms with van der Waals surface area (Å²) in [6.45, 7) is 3.84. The van der Waals surface area contributed by atoms with Crippen LogP contribution in [0, 0.1) is 5.92 Å². The average molecular weight is 372 g/mol.